The lowest BCUT2D eigenvalue weighted by molar-refractivity contribution is -0.139. The van der Waals surface area contributed by atoms with Gasteiger partial charge in [-0.1, -0.05) is 48.5 Å². The first-order valence-corrected chi connectivity index (χ1v) is 12.0. The first kappa shape index (κ1) is 29.9. The van der Waals surface area contributed by atoms with Crippen LogP contribution in [0.25, 0.3) is 0 Å². The van der Waals surface area contributed by atoms with E-state index < -0.39 is 11.9 Å². The second-order valence-electron chi connectivity index (χ2n) is 9.08. The number of methoxy groups -OCH3 is 1. The fraction of sp³-hybridized carbons (Fsp3) is 0.538. The summed E-state index contributed by atoms with van der Waals surface area (Å²) in [6, 6.07) is 15.3. The maximum Gasteiger partial charge on any atom is 0.163 e. The number of aliphatic hydroxyl groups excluding tert-OH is 2. The number of rotatable bonds is 5. The predicted octanol–water partition coefficient (Wildman–Crippen LogP) is 6.13. The molecule has 1 aliphatic heterocycles. The molecule has 1 aliphatic rings. The van der Waals surface area contributed by atoms with Crippen molar-refractivity contribution in [3.05, 3.63) is 70.8 Å². The summed E-state index contributed by atoms with van der Waals surface area (Å²) < 4.78 is 16.2. The van der Waals surface area contributed by atoms with Crippen molar-refractivity contribution < 1.29 is 24.4 Å². The minimum Gasteiger partial charge on any atom is -0.393 e. The van der Waals surface area contributed by atoms with E-state index in [1.807, 2.05) is 71.0 Å². The van der Waals surface area contributed by atoms with Crippen molar-refractivity contribution in [2.24, 2.45) is 0 Å². The largest absolute Gasteiger partial charge is 0.393 e. The number of aliphatic hydroxyl groups is 2. The van der Waals surface area contributed by atoms with Crippen LogP contribution in [0.2, 0.25) is 0 Å². The second-order valence-corrected chi connectivity index (χ2v) is 9.62. The molecular weight excluding hydrogens is 463 g/mol. The molecule has 0 aromatic heterocycles. The highest BCUT2D eigenvalue weighted by atomic mass is 35.5. The standard InChI is InChI=1S/C12H15ClO2.C9H11ClO2.C5H12O/c1-12(2)14-8-11(15-12)10-5-3-9(7-13)4-6-10;10-5-7-1-3-8(4-2-7)9(12)6-11;1-5(2,3)6-4/h3-6,11H,7-8H2,1-2H3;1-4,9,11-12H,5-6H2;1-4H3/t;9-;/m.0./s1. The number of hydrogen-bond donors (Lipinski definition) is 2. The van der Waals surface area contributed by atoms with Crippen LogP contribution in [0.4, 0.5) is 0 Å². The van der Waals surface area contributed by atoms with Gasteiger partial charge in [-0.05, 0) is 56.9 Å². The quantitative estimate of drug-likeness (QED) is 0.483. The van der Waals surface area contributed by atoms with Crippen molar-refractivity contribution in [2.45, 2.75) is 70.0 Å². The Morgan fingerprint density at radius 2 is 1.45 bits per heavy atom. The van der Waals surface area contributed by atoms with Gasteiger partial charge in [0.25, 0.3) is 0 Å². The third-order valence-corrected chi connectivity index (χ3v) is 5.44. The monoisotopic (exact) mass is 500 g/mol. The van der Waals surface area contributed by atoms with E-state index in [0.717, 1.165) is 16.7 Å². The molecule has 0 amide bonds. The number of alkyl halides is 2. The molecule has 3 rings (SSSR count). The first-order chi connectivity index (χ1) is 15.4. The summed E-state index contributed by atoms with van der Waals surface area (Å²) in [4.78, 5) is 0. The number of ether oxygens (including phenoxy) is 3. The van der Waals surface area contributed by atoms with Gasteiger partial charge in [-0.25, -0.2) is 0 Å². The van der Waals surface area contributed by atoms with Gasteiger partial charge in [0.15, 0.2) is 5.79 Å². The highest BCUT2D eigenvalue weighted by Gasteiger charge is 2.33. The van der Waals surface area contributed by atoms with E-state index in [1.54, 1.807) is 19.2 Å². The van der Waals surface area contributed by atoms with E-state index in [4.69, 9.17) is 42.5 Å². The van der Waals surface area contributed by atoms with E-state index >= 15 is 0 Å². The van der Waals surface area contributed by atoms with Gasteiger partial charge in [0.2, 0.25) is 0 Å². The van der Waals surface area contributed by atoms with Crippen LogP contribution < -0.4 is 0 Å². The molecule has 2 aromatic rings. The van der Waals surface area contributed by atoms with E-state index in [2.05, 4.69) is 0 Å². The average molecular weight is 501 g/mol. The van der Waals surface area contributed by atoms with E-state index in [1.165, 1.54) is 0 Å². The van der Waals surface area contributed by atoms with Crippen LogP contribution in [0.3, 0.4) is 0 Å². The van der Waals surface area contributed by atoms with Crippen LogP contribution in [0.15, 0.2) is 48.5 Å². The van der Waals surface area contributed by atoms with Crippen molar-refractivity contribution >= 4 is 23.2 Å². The third kappa shape index (κ3) is 11.7. The van der Waals surface area contributed by atoms with Crippen molar-refractivity contribution in [1.29, 1.82) is 0 Å². The fourth-order valence-electron chi connectivity index (χ4n) is 2.61. The minimum atomic E-state index is -0.783. The molecule has 2 N–H and O–H groups in total. The summed E-state index contributed by atoms with van der Waals surface area (Å²) in [7, 11) is 1.71. The Morgan fingerprint density at radius 1 is 1.00 bits per heavy atom. The van der Waals surface area contributed by atoms with Crippen LogP contribution in [0.5, 0.6) is 0 Å². The van der Waals surface area contributed by atoms with Crippen LogP contribution in [-0.2, 0) is 26.0 Å². The molecule has 1 heterocycles. The summed E-state index contributed by atoms with van der Waals surface area (Å²) in [6.07, 6.45) is -0.737. The second kappa shape index (κ2) is 14.3. The molecule has 0 radical (unpaired) electrons. The molecule has 7 heteroatoms. The Kier molecular flexibility index (Phi) is 12.9. The fourth-order valence-corrected chi connectivity index (χ4v) is 2.96. The third-order valence-electron chi connectivity index (χ3n) is 4.82. The van der Waals surface area contributed by atoms with Crippen LogP contribution >= 0.6 is 23.2 Å². The minimum absolute atomic E-state index is 0.0417. The van der Waals surface area contributed by atoms with Gasteiger partial charge in [0.05, 0.1) is 18.8 Å². The molecule has 2 atom stereocenters. The summed E-state index contributed by atoms with van der Waals surface area (Å²) >= 11 is 11.3. The van der Waals surface area contributed by atoms with Crippen molar-refractivity contribution in [3.8, 4) is 0 Å². The molecule has 186 valence electrons. The van der Waals surface area contributed by atoms with E-state index in [0.29, 0.717) is 23.9 Å². The van der Waals surface area contributed by atoms with Gasteiger partial charge in [-0.3, -0.25) is 0 Å². The number of hydrogen-bond acceptors (Lipinski definition) is 5. The van der Waals surface area contributed by atoms with E-state index in [9.17, 15) is 5.11 Å². The Bertz CT molecular complexity index is 786. The molecule has 0 bridgehead atoms. The highest BCUT2D eigenvalue weighted by molar-refractivity contribution is 6.17. The van der Waals surface area contributed by atoms with Crippen LogP contribution in [0, 0.1) is 0 Å². The smallest absolute Gasteiger partial charge is 0.163 e. The Hall–Kier alpha value is -1.18. The number of benzene rings is 2. The number of halogens is 2. The van der Waals surface area contributed by atoms with Crippen molar-refractivity contribution in [3.63, 3.8) is 0 Å². The molecule has 5 nitrogen and oxygen atoms in total. The maximum absolute atomic E-state index is 9.21. The predicted molar refractivity (Wildman–Crippen MR) is 135 cm³/mol. The highest BCUT2D eigenvalue weighted by Crippen LogP contribution is 2.32. The van der Waals surface area contributed by atoms with Gasteiger partial charge < -0.3 is 24.4 Å². The molecular formula is C26H38Cl2O5. The Balaban J connectivity index is 0.000000272. The van der Waals surface area contributed by atoms with Crippen LogP contribution in [0.1, 0.15) is 69.1 Å². The van der Waals surface area contributed by atoms with Crippen molar-refractivity contribution in [1.82, 2.24) is 0 Å². The lowest BCUT2D eigenvalue weighted by Crippen LogP contribution is -2.19. The first-order valence-electron chi connectivity index (χ1n) is 10.9. The maximum atomic E-state index is 9.21. The van der Waals surface area contributed by atoms with Crippen molar-refractivity contribution in [2.75, 3.05) is 20.3 Å². The molecule has 0 saturated carbocycles. The van der Waals surface area contributed by atoms with Gasteiger partial charge in [-0.2, -0.15) is 0 Å². The van der Waals surface area contributed by atoms with Gasteiger partial charge in [0, 0.05) is 18.9 Å². The average Bonchev–Trinajstić information content (AvgIpc) is 3.18. The summed E-state index contributed by atoms with van der Waals surface area (Å²) in [5, 5.41) is 17.8. The Labute approximate surface area is 208 Å². The zero-order valence-corrected chi connectivity index (χ0v) is 22.0. The molecule has 33 heavy (non-hydrogen) atoms. The van der Waals surface area contributed by atoms with E-state index in [-0.39, 0.29) is 18.3 Å². The molecule has 0 spiro atoms. The van der Waals surface area contributed by atoms with Crippen LogP contribution in [-0.4, -0.2) is 41.9 Å². The topological polar surface area (TPSA) is 68.2 Å². The SMILES string of the molecule is CC1(C)OCC(c2ccc(CCl)cc2)O1.COC(C)(C)C.OC[C@H](O)c1ccc(CCl)cc1. The molecule has 0 aliphatic carbocycles. The van der Waals surface area contributed by atoms with Gasteiger partial charge in [0.1, 0.15) is 12.2 Å². The zero-order valence-electron chi connectivity index (χ0n) is 20.5. The molecule has 1 fully saturated rings. The summed E-state index contributed by atoms with van der Waals surface area (Å²) in [5.41, 5.74) is 4.03. The van der Waals surface area contributed by atoms with Gasteiger partial charge in [-0.15, -0.1) is 23.2 Å². The van der Waals surface area contributed by atoms with Gasteiger partial charge >= 0.3 is 0 Å². The Morgan fingerprint density at radius 3 is 1.79 bits per heavy atom. The normalized spacial score (nSPS) is 17.9. The lowest BCUT2D eigenvalue weighted by atomic mass is 10.1. The summed E-state index contributed by atoms with van der Waals surface area (Å²) in [6.45, 7) is 10.3. The lowest BCUT2D eigenvalue weighted by Gasteiger charge is -2.17. The molecule has 1 saturated heterocycles. The summed E-state index contributed by atoms with van der Waals surface area (Å²) in [5.74, 6) is 0.555. The molecule has 1 unspecified atom stereocenters. The molecule has 2 aromatic carbocycles. The zero-order chi connectivity index (χ0) is 25.1.